The lowest BCUT2D eigenvalue weighted by Crippen LogP contribution is -2.14. The number of amides is 1. The van der Waals surface area contributed by atoms with E-state index in [9.17, 15) is 9.59 Å². The van der Waals surface area contributed by atoms with E-state index in [0.29, 0.717) is 16.3 Å². The number of carbonyl (C=O) groups is 2. The number of aryl methyl sites for hydroxylation is 1. The van der Waals surface area contributed by atoms with E-state index in [-0.39, 0.29) is 11.7 Å². The van der Waals surface area contributed by atoms with Crippen LogP contribution in [0.3, 0.4) is 0 Å². The first-order valence-corrected chi connectivity index (χ1v) is 10.4. The molecule has 2 heterocycles. The highest BCUT2D eigenvalue weighted by molar-refractivity contribution is 8.00. The minimum atomic E-state index is -0.426. The van der Waals surface area contributed by atoms with Crippen molar-refractivity contribution in [1.82, 2.24) is 20.0 Å². The number of ether oxygens (including phenoxy) is 1. The summed E-state index contributed by atoms with van der Waals surface area (Å²) < 4.78 is 6.48. The number of anilines is 1. The van der Waals surface area contributed by atoms with Crippen LogP contribution in [-0.2, 0) is 9.53 Å². The second kappa shape index (κ2) is 8.97. The van der Waals surface area contributed by atoms with Gasteiger partial charge in [-0.15, -0.1) is 5.10 Å². The summed E-state index contributed by atoms with van der Waals surface area (Å²) in [5.41, 5.74) is 3.51. The minimum absolute atomic E-state index is 0.144. The molecule has 0 aliphatic carbocycles. The summed E-state index contributed by atoms with van der Waals surface area (Å²) in [4.78, 5) is 24.0. The van der Waals surface area contributed by atoms with Crippen molar-refractivity contribution in [3.63, 3.8) is 0 Å². The lowest BCUT2D eigenvalue weighted by Gasteiger charge is -2.09. The molecule has 0 aliphatic rings. The molecule has 0 radical (unpaired) electrons. The van der Waals surface area contributed by atoms with Gasteiger partial charge >= 0.3 is 5.97 Å². The molecule has 4 aromatic rings. The van der Waals surface area contributed by atoms with Crippen molar-refractivity contribution in [2.75, 3.05) is 18.2 Å². The molecule has 0 bridgehead atoms. The van der Waals surface area contributed by atoms with E-state index in [2.05, 4.69) is 25.3 Å². The van der Waals surface area contributed by atoms with Gasteiger partial charge in [-0.05, 0) is 43.3 Å². The van der Waals surface area contributed by atoms with Crippen molar-refractivity contribution in [3.05, 3.63) is 72.1 Å². The van der Waals surface area contributed by atoms with Crippen molar-refractivity contribution in [1.29, 1.82) is 0 Å². The van der Waals surface area contributed by atoms with Crippen molar-refractivity contribution >= 4 is 40.2 Å². The average Bonchev–Trinajstić information content (AvgIpc) is 3.25. The summed E-state index contributed by atoms with van der Waals surface area (Å²) >= 11 is 1.29. The van der Waals surface area contributed by atoms with Crippen molar-refractivity contribution in [2.45, 2.75) is 11.9 Å². The molecule has 0 saturated heterocycles. The Morgan fingerprint density at radius 3 is 2.52 bits per heavy atom. The Hall–Kier alpha value is -3.72. The van der Waals surface area contributed by atoms with Crippen LogP contribution in [0.25, 0.3) is 16.6 Å². The predicted octanol–water partition coefficient (Wildman–Crippen LogP) is 3.64. The Morgan fingerprint density at radius 1 is 1.06 bits per heavy atom. The quantitative estimate of drug-likeness (QED) is 0.366. The van der Waals surface area contributed by atoms with E-state index in [1.165, 1.54) is 18.9 Å². The van der Waals surface area contributed by atoms with Gasteiger partial charge in [-0.1, -0.05) is 30.0 Å². The molecule has 0 aliphatic heterocycles. The lowest BCUT2D eigenvalue weighted by molar-refractivity contribution is -0.113. The number of fused-ring (bicyclic) bond motifs is 1. The van der Waals surface area contributed by atoms with Crippen LogP contribution in [0.15, 0.2) is 65.8 Å². The van der Waals surface area contributed by atoms with Gasteiger partial charge in [0.15, 0.2) is 0 Å². The molecule has 0 fully saturated rings. The highest BCUT2D eigenvalue weighted by Gasteiger charge is 2.16. The molecule has 31 heavy (non-hydrogen) atoms. The van der Waals surface area contributed by atoms with Gasteiger partial charge in [0, 0.05) is 11.1 Å². The van der Waals surface area contributed by atoms with Gasteiger partial charge < -0.3 is 10.1 Å². The number of carbonyl (C=O) groups excluding carboxylic acids is 2. The maximum Gasteiger partial charge on any atom is 0.337 e. The van der Waals surface area contributed by atoms with Crippen LogP contribution in [0.5, 0.6) is 0 Å². The smallest absolute Gasteiger partial charge is 0.337 e. The molecule has 2 aromatic carbocycles. The first-order chi connectivity index (χ1) is 15.1. The van der Waals surface area contributed by atoms with Crippen LogP contribution in [0, 0.1) is 6.92 Å². The molecule has 0 unspecified atom stereocenters. The molecule has 1 N–H and O–H groups in total. The van der Waals surface area contributed by atoms with Crippen molar-refractivity contribution < 1.29 is 14.3 Å². The number of methoxy groups -OCH3 is 1. The van der Waals surface area contributed by atoms with Crippen LogP contribution in [0.2, 0.25) is 0 Å². The molecule has 156 valence electrons. The van der Waals surface area contributed by atoms with E-state index >= 15 is 0 Å². The molecular formula is C22H19N5O3S. The third kappa shape index (κ3) is 4.41. The topological polar surface area (TPSA) is 99.0 Å². The van der Waals surface area contributed by atoms with E-state index in [4.69, 9.17) is 0 Å². The number of thioether (sulfide) groups is 1. The van der Waals surface area contributed by atoms with Crippen molar-refractivity contribution in [3.8, 4) is 5.69 Å². The van der Waals surface area contributed by atoms with E-state index in [0.717, 1.165) is 22.3 Å². The summed E-state index contributed by atoms with van der Waals surface area (Å²) in [6, 6.07) is 16.3. The predicted molar refractivity (Wildman–Crippen MR) is 119 cm³/mol. The number of hydrogen-bond donors (Lipinski definition) is 1. The zero-order chi connectivity index (χ0) is 21.8. The van der Waals surface area contributed by atoms with Crippen LogP contribution in [0.1, 0.15) is 16.1 Å². The highest BCUT2D eigenvalue weighted by atomic mass is 32.2. The first kappa shape index (κ1) is 20.5. The lowest BCUT2D eigenvalue weighted by atomic mass is 10.2. The number of esters is 1. The summed E-state index contributed by atoms with van der Waals surface area (Å²) in [7, 11) is 1.32. The largest absolute Gasteiger partial charge is 0.465 e. The molecule has 1 amide bonds. The summed E-state index contributed by atoms with van der Waals surface area (Å²) in [5, 5.41) is 17.3. The summed E-state index contributed by atoms with van der Waals surface area (Å²) in [6.07, 6.45) is 1.76. The number of aromatic nitrogens is 4. The maximum atomic E-state index is 12.5. The number of benzene rings is 2. The van der Waals surface area contributed by atoms with Gasteiger partial charge in [0.1, 0.15) is 10.5 Å². The van der Waals surface area contributed by atoms with Gasteiger partial charge in [0.25, 0.3) is 0 Å². The maximum absolute atomic E-state index is 12.5. The Balaban J connectivity index is 1.51. The Morgan fingerprint density at radius 2 is 1.81 bits per heavy atom. The molecule has 4 rings (SSSR count). The molecule has 9 heteroatoms. The Kier molecular flexibility index (Phi) is 5.94. The first-order valence-electron chi connectivity index (χ1n) is 9.44. The minimum Gasteiger partial charge on any atom is -0.465 e. The fraction of sp³-hybridized carbons (Fsp3) is 0.136. The van der Waals surface area contributed by atoms with Gasteiger partial charge in [0.05, 0.1) is 36.0 Å². The number of rotatable bonds is 6. The summed E-state index contributed by atoms with van der Waals surface area (Å²) in [5.74, 6) is -0.478. The van der Waals surface area contributed by atoms with Gasteiger partial charge in [-0.2, -0.15) is 10.2 Å². The van der Waals surface area contributed by atoms with Crippen molar-refractivity contribution in [2.24, 2.45) is 0 Å². The SMILES string of the molecule is COC(=O)c1ccc(NC(=O)CSc2nnc(C)c3cnn(-c4ccccc4)c23)cc1. The normalized spacial score (nSPS) is 10.8. The standard InChI is InChI=1S/C22H19N5O3S/c1-14-18-12-23-27(17-6-4-3-5-7-17)20(18)21(26-25-14)31-13-19(28)24-16-10-8-15(9-11-16)22(29)30-2/h3-12H,13H2,1-2H3,(H,24,28). The number of nitrogens with one attached hydrogen (secondary N) is 1. The number of hydrogen-bond acceptors (Lipinski definition) is 7. The number of nitrogens with zero attached hydrogens (tertiary/aromatic N) is 4. The fourth-order valence-electron chi connectivity index (χ4n) is 3.04. The summed E-state index contributed by atoms with van der Waals surface area (Å²) in [6.45, 7) is 1.88. The third-order valence-corrected chi connectivity index (χ3v) is 5.54. The Bertz CT molecular complexity index is 1240. The van der Waals surface area contributed by atoms with Gasteiger partial charge in [-0.25, -0.2) is 9.48 Å². The molecule has 2 aromatic heterocycles. The zero-order valence-corrected chi connectivity index (χ0v) is 17.7. The zero-order valence-electron chi connectivity index (χ0n) is 16.9. The van der Waals surface area contributed by atoms with Crippen LogP contribution >= 0.6 is 11.8 Å². The Labute approximate surface area is 182 Å². The fourth-order valence-corrected chi connectivity index (χ4v) is 3.81. The number of para-hydroxylation sites is 1. The molecule has 0 saturated carbocycles. The monoisotopic (exact) mass is 433 g/mol. The second-order valence-corrected chi connectivity index (χ2v) is 7.61. The van der Waals surface area contributed by atoms with Crippen LogP contribution < -0.4 is 5.32 Å². The van der Waals surface area contributed by atoms with E-state index in [1.54, 1.807) is 30.5 Å². The average molecular weight is 433 g/mol. The third-order valence-electron chi connectivity index (χ3n) is 4.58. The van der Waals surface area contributed by atoms with Crippen LogP contribution in [0.4, 0.5) is 5.69 Å². The van der Waals surface area contributed by atoms with Gasteiger partial charge in [0.2, 0.25) is 5.91 Å². The molecule has 0 atom stereocenters. The van der Waals surface area contributed by atoms with Crippen LogP contribution in [-0.4, -0.2) is 44.7 Å². The molecule has 8 nitrogen and oxygen atoms in total. The van der Waals surface area contributed by atoms with E-state index < -0.39 is 5.97 Å². The highest BCUT2D eigenvalue weighted by Crippen LogP contribution is 2.28. The molecule has 0 spiro atoms. The molecular weight excluding hydrogens is 414 g/mol. The second-order valence-electron chi connectivity index (χ2n) is 6.65. The van der Waals surface area contributed by atoms with E-state index in [1.807, 2.05) is 41.9 Å². The van der Waals surface area contributed by atoms with Gasteiger partial charge in [-0.3, -0.25) is 4.79 Å².